The van der Waals surface area contributed by atoms with E-state index in [1.807, 2.05) is 6.92 Å². The van der Waals surface area contributed by atoms with Crippen molar-refractivity contribution < 1.29 is 14.4 Å². The highest BCUT2D eigenvalue weighted by atomic mass is 79.9. The molecule has 2 saturated heterocycles. The Kier molecular flexibility index (Phi) is 4.37. The van der Waals surface area contributed by atoms with Crippen molar-refractivity contribution in [3.05, 3.63) is 34.3 Å². The number of nitrogens with one attached hydrogen (secondary N) is 2. The van der Waals surface area contributed by atoms with E-state index in [-0.39, 0.29) is 16.7 Å². The molecule has 2 heterocycles. The number of rotatable bonds is 2. The fraction of sp³-hybridized carbons (Fsp3) is 0.400. The van der Waals surface area contributed by atoms with Crippen LogP contribution in [0, 0.1) is 0 Å². The summed E-state index contributed by atoms with van der Waals surface area (Å²) in [5, 5.41) is 0. The minimum absolute atomic E-state index is 0.00288. The van der Waals surface area contributed by atoms with Crippen molar-refractivity contribution in [1.82, 2.24) is 15.8 Å². The maximum Gasteiger partial charge on any atom is 0.269 e. The summed E-state index contributed by atoms with van der Waals surface area (Å²) < 4.78 is 0.868. The van der Waals surface area contributed by atoms with Crippen molar-refractivity contribution in [1.29, 1.82) is 0 Å². The lowest BCUT2D eigenvalue weighted by atomic mass is 10.2. The predicted octanol–water partition coefficient (Wildman–Crippen LogP) is 1.66. The Morgan fingerprint density at radius 2 is 2.00 bits per heavy atom. The van der Waals surface area contributed by atoms with Crippen LogP contribution >= 0.6 is 27.7 Å². The standard InChI is InChI=1S/C15H16BrN3O3S/c1-15-7-6-12(20)19(15)11(8-23-15)14(22)18-17-13(21)9-2-4-10(16)5-3-9/h2-5,11H,6-8H2,1H3,(H,17,21)(H,18,22)/t11-,15-/m1/s1. The van der Waals surface area contributed by atoms with Gasteiger partial charge in [-0.05, 0) is 37.6 Å². The molecule has 0 aliphatic carbocycles. The number of benzene rings is 1. The van der Waals surface area contributed by atoms with E-state index < -0.39 is 11.9 Å². The number of carbonyl (C=O) groups excluding carboxylic acids is 3. The molecule has 8 heteroatoms. The van der Waals surface area contributed by atoms with Crippen molar-refractivity contribution in [3.8, 4) is 0 Å². The van der Waals surface area contributed by atoms with Gasteiger partial charge in [0.25, 0.3) is 11.8 Å². The Morgan fingerprint density at radius 3 is 2.70 bits per heavy atom. The van der Waals surface area contributed by atoms with Crippen LogP contribution in [-0.4, -0.2) is 39.3 Å². The smallest absolute Gasteiger partial charge is 0.269 e. The highest BCUT2D eigenvalue weighted by Crippen LogP contribution is 2.47. The molecule has 122 valence electrons. The summed E-state index contributed by atoms with van der Waals surface area (Å²) >= 11 is 4.91. The van der Waals surface area contributed by atoms with Crippen molar-refractivity contribution in [2.45, 2.75) is 30.7 Å². The van der Waals surface area contributed by atoms with Gasteiger partial charge in [0.15, 0.2) is 0 Å². The van der Waals surface area contributed by atoms with Gasteiger partial charge in [0.05, 0.1) is 4.87 Å². The van der Waals surface area contributed by atoms with Gasteiger partial charge >= 0.3 is 0 Å². The van der Waals surface area contributed by atoms with Crippen LogP contribution in [-0.2, 0) is 9.59 Å². The number of carbonyl (C=O) groups is 3. The number of nitrogens with zero attached hydrogens (tertiary/aromatic N) is 1. The van der Waals surface area contributed by atoms with E-state index in [0.29, 0.717) is 17.7 Å². The number of fused-ring (bicyclic) bond motifs is 1. The zero-order valence-corrected chi connectivity index (χ0v) is 14.9. The molecule has 2 aliphatic heterocycles. The zero-order valence-electron chi connectivity index (χ0n) is 12.5. The van der Waals surface area contributed by atoms with E-state index >= 15 is 0 Å². The summed E-state index contributed by atoms with van der Waals surface area (Å²) in [4.78, 5) is 37.7. The molecule has 0 radical (unpaired) electrons. The van der Waals surface area contributed by atoms with Gasteiger partial charge in [-0.15, -0.1) is 11.8 Å². The predicted molar refractivity (Wildman–Crippen MR) is 90.5 cm³/mol. The molecule has 0 aromatic heterocycles. The summed E-state index contributed by atoms with van der Waals surface area (Å²) in [5.41, 5.74) is 5.27. The maximum atomic E-state index is 12.3. The van der Waals surface area contributed by atoms with Crippen molar-refractivity contribution in [3.63, 3.8) is 0 Å². The average Bonchev–Trinajstić information content (AvgIpc) is 3.02. The van der Waals surface area contributed by atoms with Gasteiger partial charge in [-0.2, -0.15) is 0 Å². The van der Waals surface area contributed by atoms with E-state index in [9.17, 15) is 14.4 Å². The lowest BCUT2D eigenvalue weighted by molar-refractivity contribution is -0.138. The highest BCUT2D eigenvalue weighted by Gasteiger charge is 2.52. The largest absolute Gasteiger partial charge is 0.315 e. The van der Waals surface area contributed by atoms with Gasteiger partial charge < -0.3 is 4.90 Å². The Balaban J connectivity index is 1.60. The Bertz CT molecular complexity index is 666. The first-order valence-corrected chi connectivity index (χ1v) is 9.00. The van der Waals surface area contributed by atoms with Crippen LogP contribution in [0.3, 0.4) is 0 Å². The van der Waals surface area contributed by atoms with Gasteiger partial charge in [-0.25, -0.2) is 0 Å². The molecular weight excluding hydrogens is 382 g/mol. The molecule has 6 nitrogen and oxygen atoms in total. The first-order valence-electron chi connectivity index (χ1n) is 7.22. The zero-order chi connectivity index (χ0) is 16.6. The van der Waals surface area contributed by atoms with Gasteiger partial charge in [0.1, 0.15) is 6.04 Å². The van der Waals surface area contributed by atoms with Crippen molar-refractivity contribution in [2.75, 3.05) is 5.75 Å². The Hall–Kier alpha value is -1.54. The third-order valence-corrected chi connectivity index (χ3v) is 6.19. The minimum Gasteiger partial charge on any atom is -0.315 e. The topological polar surface area (TPSA) is 78.5 Å². The second-order valence-corrected chi connectivity index (χ2v) is 8.13. The molecule has 0 saturated carbocycles. The summed E-state index contributed by atoms with van der Waals surface area (Å²) in [6.45, 7) is 1.98. The van der Waals surface area contributed by atoms with Crippen LogP contribution in [0.15, 0.2) is 28.7 Å². The van der Waals surface area contributed by atoms with Crippen molar-refractivity contribution in [2.24, 2.45) is 0 Å². The minimum atomic E-state index is -0.537. The third kappa shape index (κ3) is 3.10. The van der Waals surface area contributed by atoms with Crippen LogP contribution in [0.25, 0.3) is 0 Å². The van der Waals surface area contributed by atoms with Gasteiger partial charge in [-0.1, -0.05) is 15.9 Å². The summed E-state index contributed by atoms with van der Waals surface area (Å²) in [7, 11) is 0. The second kappa shape index (κ2) is 6.16. The molecule has 1 aromatic rings. The van der Waals surface area contributed by atoms with E-state index in [0.717, 1.165) is 10.9 Å². The molecule has 0 spiro atoms. The van der Waals surface area contributed by atoms with Crippen LogP contribution in [0.4, 0.5) is 0 Å². The van der Waals surface area contributed by atoms with Gasteiger partial charge in [0.2, 0.25) is 5.91 Å². The van der Waals surface area contributed by atoms with E-state index in [1.54, 1.807) is 40.9 Å². The number of thioether (sulfide) groups is 1. The van der Waals surface area contributed by atoms with Gasteiger partial charge in [0, 0.05) is 22.2 Å². The highest BCUT2D eigenvalue weighted by molar-refractivity contribution is 9.10. The molecule has 3 amide bonds. The number of hydrazine groups is 1. The Morgan fingerprint density at radius 1 is 1.30 bits per heavy atom. The van der Waals surface area contributed by atoms with E-state index in [2.05, 4.69) is 26.8 Å². The number of hydrogen-bond donors (Lipinski definition) is 2. The van der Waals surface area contributed by atoms with Crippen LogP contribution in [0.2, 0.25) is 0 Å². The quantitative estimate of drug-likeness (QED) is 0.743. The number of halogens is 1. The lowest BCUT2D eigenvalue weighted by Crippen LogP contribution is -2.54. The van der Waals surface area contributed by atoms with Crippen LogP contribution < -0.4 is 10.9 Å². The van der Waals surface area contributed by atoms with Crippen molar-refractivity contribution >= 4 is 45.4 Å². The number of amides is 3. The first kappa shape index (κ1) is 16.3. The lowest BCUT2D eigenvalue weighted by Gasteiger charge is -2.29. The molecule has 2 aliphatic rings. The van der Waals surface area contributed by atoms with Crippen LogP contribution in [0.5, 0.6) is 0 Å². The fourth-order valence-corrected chi connectivity index (χ4v) is 4.59. The maximum absolute atomic E-state index is 12.3. The monoisotopic (exact) mass is 397 g/mol. The molecule has 2 fully saturated rings. The summed E-state index contributed by atoms with van der Waals surface area (Å²) in [6, 6.07) is 6.26. The molecular formula is C15H16BrN3O3S. The fourth-order valence-electron chi connectivity index (χ4n) is 2.89. The molecule has 23 heavy (non-hydrogen) atoms. The number of hydrogen-bond acceptors (Lipinski definition) is 4. The van der Waals surface area contributed by atoms with E-state index in [4.69, 9.17) is 0 Å². The first-order chi connectivity index (χ1) is 10.9. The molecule has 1 aromatic carbocycles. The molecule has 2 atom stereocenters. The molecule has 2 N–H and O–H groups in total. The third-order valence-electron chi connectivity index (χ3n) is 4.15. The SMILES string of the molecule is C[C@@]12CCC(=O)N1[C@@H](C(=O)NNC(=O)c1ccc(Br)cc1)CS2. The molecule has 3 rings (SSSR count). The molecule has 0 bridgehead atoms. The average molecular weight is 398 g/mol. The molecule has 0 unspecified atom stereocenters. The summed E-state index contributed by atoms with van der Waals surface area (Å²) in [6.07, 6.45) is 1.23. The van der Waals surface area contributed by atoms with Crippen LogP contribution in [0.1, 0.15) is 30.1 Å². The van der Waals surface area contributed by atoms with E-state index in [1.165, 1.54) is 0 Å². The Labute approximate surface area is 146 Å². The summed E-state index contributed by atoms with van der Waals surface area (Å²) in [5.74, 6) is -0.215. The van der Waals surface area contributed by atoms with Gasteiger partial charge in [-0.3, -0.25) is 25.2 Å². The normalized spacial score (nSPS) is 26.1. The second-order valence-electron chi connectivity index (χ2n) is 5.72.